The molecule has 0 spiro atoms. The summed E-state index contributed by atoms with van der Waals surface area (Å²) in [4.78, 5) is 24.3. The maximum Gasteiger partial charge on any atom is 0.258 e. The van der Waals surface area contributed by atoms with Crippen molar-refractivity contribution in [1.29, 1.82) is 0 Å². The summed E-state index contributed by atoms with van der Waals surface area (Å²) in [6.07, 6.45) is 8.75. The second kappa shape index (κ2) is 9.10. The van der Waals surface area contributed by atoms with Gasteiger partial charge < -0.3 is 14.8 Å². The van der Waals surface area contributed by atoms with E-state index in [1.165, 1.54) is 6.42 Å². The Kier molecular flexibility index (Phi) is 6.00. The van der Waals surface area contributed by atoms with E-state index >= 15 is 0 Å². The summed E-state index contributed by atoms with van der Waals surface area (Å²) in [5, 5.41) is 8.94. The topological polar surface area (TPSA) is 80.9 Å². The molecule has 4 heterocycles. The Morgan fingerprint density at radius 2 is 1.94 bits per heavy atom. The number of anilines is 3. The zero-order chi connectivity index (χ0) is 23.8. The fraction of sp³-hybridized carbons (Fsp3) is 0.360. The molecule has 0 amide bonds. The first-order valence-corrected chi connectivity index (χ1v) is 12.0. The summed E-state index contributed by atoms with van der Waals surface area (Å²) >= 11 is 6.44. The van der Waals surface area contributed by atoms with Gasteiger partial charge >= 0.3 is 0 Å². The third kappa shape index (κ3) is 4.25. The fourth-order valence-corrected chi connectivity index (χ4v) is 4.74. The van der Waals surface area contributed by atoms with Gasteiger partial charge in [-0.2, -0.15) is 10.1 Å². The lowest BCUT2D eigenvalue weighted by atomic mass is 9.95. The number of hydrogen-bond donors (Lipinski definition) is 1. The largest absolute Gasteiger partial charge is 0.341 e. The molecule has 3 aromatic heterocycles. The van der Waals surface area contributed by atoms with Crippen molar-refractivity contribution in [3.63, 3.8) is 0 Å². The van der Waals surface area contributed by atoms with Crippen LogP contribution in [0.15, 0.2) is 47.7 Å². The van der Waals surface area contributed by atoms with Gasteiger partial charge in [0.25, 0.3) is 5.56 Å². The van der Waals surface area contributed by atoms with E-state index in [1.807, 2.05) is 37.5 Å². The van der Waals surface area contributed by atoms with Crippen LogP contribution in [0.25, 0.3) is 22.0 Å². The molecular formula is C25H28ClN7O. The van der Waals surface area contributed by atoms with E-state index < -0.39 is 0 Å². The zero-order valence-electron chi connectivity index (χ0n) is 19.6. The van der Waals surface area contributed by atoms with Gasteiger partial charge in [0, 0.05) is 50.0 Å². The first kappa shape index (κ1) is 22.4. The first-order chi connectivity index (χ1) is 16.4. The number of rotatable bonds is 5. The number of halogens is 1. The van der Waals surface area contributed by atoms with Crippen molar-refractivity contribution in [1.82, 2.24) is 24.3 Å². The molecule has 1 aliphatic rings. The van der Waals surface area contributed by atoms with E-state index in [9.17, 15) is 4.79 Å². The molecule has 1 aromatic carbocycles. The zero-order valence-corrected chi connectivity index (χ0v) is 20.4. The molecule has 0 bridgehead atoms. The lowest BCUT2D eigenvalue weighted by Gasteiger charge is -2.31. The van der Waals surface area contributed by atoms with Gasteiger partial charge in [-0.3, -0.25) is 9.48 Å². The summed E-state index contributed by atoms with van der Waals surface area (Å²) in [7, 11) is 3.62. The van der Waals surface area contributed by atoms with Crippen LogP contribution >= 0.6 is 11.6 Å². The molecule has 1 aliphatic heterocycles. The van der Waals surface area contributed by atoms with Crippen LogP contribution in [0.2, 0.25) is 5.02 Å². The molecule has 5 rings (SSSR count). The predicted molar refractivity (Wildman–Crippen MR) is 137 cm³/mol. The van der Waals surface area contributed by atoms with Crippen molar-refractivity contribution in [2.24, 2.45) is 20.0 Å². The third-order valence-corrected chi connectivity index (χ3v) is 6.99. The lowest BCUT2D eigenvalue weighted by molar-refractivity contribution is 0.392. The van der Waals surface area contributed by atoms with Crippen molar-refractivity contribution in [2.45, 2.75) is 26.2 Å². The highest BCUT2D eigenvalue weighted by molar-refractivity contribution is 6.32. The van der Waals surface area contributed by atoms with Gasteiger partial charge in [-0.05, 0) is 43.0 Å². The van der Waals surface area contributed by atoms with E-state index in [0.29, 0.717) is 22.4 Å². The van der Waals surface area contributed by atoms with Crippen LogP contribution in [0.3, 0.4) is 0 Å². The SMILES string of the molecule is CCC1CCN(c2ncc(Cl)c(Nc3ccc4c(c3)cc(-c3cnn(C)c3)c(=O)n4C)n2)CC1. The average Bonchev–Trinajstić information content (AvgIpc) is 3.28. The first-order valence-electron chi connectivity index (χ1n) is 11.6. The van der Waals surface area contributed by atoms with E-state index in [4.69, 9.17) is 16.6 Å². The maximum atomic E-state index is 12.9. The molecule has 0 atom stereocenters. The average molecular weight is 478 g/mol. The Bertz CT molecular complexity index is 1400. The summed E-state index contributed by atoms with van der Waals surface area (Å²) < 4.78 is 3.35. The minimum absolute atomic E-state index is 0.0588. The fourth-order valence-electron chi connectivity index (χ4n) is 4.60. The van der Waals surface area contributed by atoms with Gasteiger partial charge in [-0.1, -0.05) is 24.9 Å². The number of nitrogens with one attached hydrogen (secondary N) is 1. The summed E-state index contributed by atoms with van der Waals surface area (Å²) in [5.41, 5.74) is 3.02. The van der Waals surface area contributed by atoms with Crippen LogP contribution in [0.5, 0.6) is 0 Å². The highest BCUT2D eigenvalue weighted by Gasteiger charge is 2.20. The smallest absolute Gasteiger partial charge is 0.258 e. The van der Waals surface area contributed by atoms with Crippen molar-refractivity contribution in [3.8, 4) is 11.1 Å². The van der Waals surface area contributed by atoms with Crippen LogP contribution < -0.4 is 15.8 Å². The van der Waals surface area contributed by atoms with Gasteiger partial charge in [0.15, 0.2) is 5.82 Å². The molecule has 0 radical (unpaired) electrons. The molecule has 0 aliphatic carbocycles. The van der Waals surface area contributed by atoms with Crippen LogP contribution in [0, 0.1) is 5.92 Å². The maximum absolute atomic E-state index is 12.9. The van der Waals surface area contributed by atoms with Crippen LogP contribution in [-0.2, 0) is 14.1 Å². The molecule has 4 aromatic rings. The number of hydrogen-bond acceptors (Lipinski definition) is 6. The second-order valence-corrected chi connectivity index (χ2v) is 9.34. The van der Waals surface area contributed by atoms with Crippen LogP contribution in [0.1, 0.15) is 26.2 Å². The van der Waals surface area contributed by atoms with Gasteiger partial charge in [0.2, 0.25) is 5.95 Å². The predicted octanol–water partition coefficient (Wildman–Crippen LogP) is 4.75. The molecule has 1 N–H and O–H groups in total. The Balaban J connectivity index is 1.46. The minimum atomic E-state index is -0.0588. The molecule has 1 saturated heterocycles. The Morgan fingerprint density at radius 1 is 1.15 bits per heavy atom. The third-order valence-electron chi connectivity index (χ3n) is 6.71. The second-order valence-electron chi connectivity index (χ2n) is 8.93. The van der Waals surface area contributed by atoms with Crippen molar-refractivity contribution in [2.75, 3.05) is 23.3 Å². The number of fused-ring (bicyclic) bond motifs is 1. The molecule has 9 heteroatoms. The number of pyridine rings is 1. The number of aryl methyl sites for hydroxylation is 2. The quantitative estimate of drug-likeness (QED) is 0.446. The molecule has 0 unspecified atom stereocenters. The standard InChI is InChI=1S/C25H28ClN7O/c1-4-16-7-9-33(10-8-16)25-27-14-21(26)23(30-25)29-19-5-6-22-17(11-19)12-20(24(34)32(22)3)18-13-28-31(2)15-18/h5-6,11-16H,4,7-10H2,1-3H3,(H,27,29,30). The summed E-state index contributed by atoms with van der Waals surface area (Å²) in [6, 6.07) is 7.76. The normalized spacial score (nSPS) is 14.6. The molecule has 34 heavy (non-hydrogen) atoms. The molecule has 176 valence electrons. The van der Waals surface area contributed by atoms with E-state index in [0.717, 1.165) is 54.0 Å². The molecule has 0 saturated carbocycles. The van der Waals surface area contributed by atoms with Crippen LogP contribution in [0.4, 0.5) is 17.5 Å². The number of piperidine rings is 1. The van der Waals surface area contributed by atoms with Gasteiger partial charge in [0.05, 0.1) is 23.5 Å². The Morgan fingerprint density at radius 3 is 2.65 bits per heavy atom. The number of aromatic nitrogens is 5. The van der Waals surface area contributed by atoms with Gasteiger partial charge in [-0.15, -0.1) is 0 Å². The monoisotopic (exact) mass is 477 g/mol. The molecule has 1 fully saturated rings. The number of nitrogens with zero attached hydrogens (tertiary/aromatic N) is 6. The van der Waals surface area contributed by atoms with Gasteiger partial charge in [-0.25, -0.2) is 4.98 Å². The Hall–Kier alpha value is -3.39. The van der Waals surface area contributed by atoms with Crippen molar-refractivity contribution in [3.05, 3.63) is 58.2 Å². The van der Waals surface area contributed by atoms with E-state index in [2.05, 4.69) is 27.2 Å². The van der Waals surface area contributed by atoms with Crippen molar-refractivity contribution >= 4 is 40.0 Å². The summed E-state index contributed by atoms with van der Waals surface area (Å²) in [6.45, 7) is 4.17. The highest BCUT2D eigenvalue weighted by atomic mass is 35.5. The molecule has 8 nitrogen and oxygen atoms in total. The van der Waals surface area contributed by atoms with Crippen LogP contribution in [-0.4, -0.2) is 37.4 Å². The number of benzene rings is 1. The minimum Gasteiger partial charge on any atom is -0.341 e. The molecular weight excluding hydrogens is 450 g/mol. The highest BCUT2D eigenvalue weighted by Crippen LogP contribution is 2.29. The summed E-state index contributed by atoms with van der Waals surface area (Å²) in [5.74, 6) is 2.05. The Labute approximate surface area is 203 Å². The van der Waals surface area contributed by atoms with E-state index in [1.54, 1.807) is 28.7 Å². The lowest BCUT2D eigenvalue weighted by Crippen LogP contribution is -2.34. The van der Waals surface area contributed by atoms with Gasteiger partial charge in [0.1, 0.15) is 5.02 Å². The van der Waals surface area contributed by atoms with E-state index in [-0.39, 0.29) is 5.56 Å². The van der Waals surface area contributed by atoms with Crippen molar-refractivity contribution < 1.29 is 0 Å².